The van der Waals surface area contributed by atoms with Gasteiger partial charge in [-0.3, -0.25) is 9.59 Å². The first-order valence-corrected chi connectivity index (χ1v) is 9.34. The molecule has 0 spiro atoms. The highest BCUT2D eigenvalue weighted by atomic mass is 32.2. The summed E-state index contributed by atoms with van der Waals surface area (Å²) >= 11 is 3.03. The molecule has 1 aliphatic carbocycles. The van der Waals surface area contributed by atoms with Crippen LogP contribution in [0.25, 0.3) is 0 Å². The van der Waals surface area contributed by atoms with Crippen molar-refractivity contribution in [1.29, 1.82) is 0 Å². The number of aromatic nitrogens is 2. The van der Waals surface area contributed by atoms with Gasteiger partial charge in [0.1, 0.15) is 0 Å². The predicted molar refractivity (Wildman–Crippen MR) is 85.6 cm³/mol. The monoisotopic (exact) mass is 325 g/mol. The molecule has 1 aromatic heterocycles. The lowest BCUT2D eigenvalue weighted by Gasteiger charge is -2.16. The predicted octanol–water partition coefficient (Wildman–Crippen LogP) is 2.06. The van der Waals surface area contributed by atoms with Crippen molar-refractivity contribution in [2.75, 3.05) is 0 Å². The third-order valence-electron chi connectivity index (χ3n) is 3.92. The molecule has 1 atom stereocenters. The molecule has 2 aliphatic rings. The zero-order valence-corrected chi connectivity index (χ0v) is 13.6. The molecule has 1 amide bonds. The Morgan fingerprint density at radius 3 is 2.95 bits per heavy atom. The van der Waals surface area contributed by atoms with Gasteiger partial charge >= 0.3 is 0 Å². The summed E-state index contributed by atoms with van der Waals surface area (Å²) in [5.41, 5.74) is 1.60. The molecule has 7 heteroatoms. The number of carbonyl (C=O) groups is 1. The lowest BCUT2D eigenvalue weighted by molar-refractivity contribution is -0.120. The summed E-state index contributed by atoms with van der Waals surface area (Å²) in [5.74, 6) is 1.56. The van der Waals surface area contributed by atoms with Crippen molar-refractivity contribution in [2.45, 2.75) is 60.6 Å². The molecule has 1 saturated carbocycles. The van der Waals surface area contributed by atoms with Crippen LogP contribution in [0, 0.1) is 0 Å². The van der Waals surface area contributed by atoms with E-state index in [9.17, 15) is 9.59 Å². The zero-order valence-electron chi connectivity index (χ0n) is 12.0. The number of carbonyl (C=O) groups excluding carboxylic acids is 1. The van der Waals surface area contributed by atoms with Crippen LogP contribution in [0.2, 0.25) is 0 Å². The standard InChI is InChI=1S/C14H19N3O2S2/c1-8(12(18)15-9-4-2-3-5-9)21-14-16-11-7-20-6-10(11)13(19)17-14/h8-9H,2-7H2,1H3,(H,15,18)(H,16,17,19). The molecule has 1 aliphatic heterocycles. The molecule has 114 valence electrons. The Hall–Kier alpha value is -0.950. The number of nitrogens with zero attached hydrogens (tertiary/aromatic N) is 1. The fraction of sp³-hybridized carbons (Fsp3) is 0.643. The number of thioether (sulfide) groups is 2. The van der Waals surface area contributed by atoms with E-state index < -0.39 is 0 Å². The quantitative estimate of drug-likeness (QED) is 0.655. The van der Waals surface area contributed by atoms with Crippen LogP contribution in [0.3, 0.4) is 0 Å². The van der Waals surface area contributed by atoms with Crippen LogP contribution in [0.15, 0.2) is 9.95 Å². The van der Waals surface area contributed by atoms with Crippen LogP contribution >= 0.6 is 23.5 Å². The van der Waals surface area contributed by atoms with E-state index in [-0.39, 0.29) is 16.7 Å². The van der Waals surface area contributed by atoms with Gasteiger partial charge in [0.2, 0.25) is 5.91 Å². The summed E-state index contributed by atoms with van der Waals surface area (Å²) in [6.07, 6.45) is 4.55. The van der Waals surface area contributed by atoms with E-state index in [0.29, 0.717) is 11.2 Å². The van der Waals surface area contributed by atoms with Gasteiger partial charge in [0.15, 0.2) is 5.16 Å². The van der Waals surface area contributed by atoms with Crippen molar-refractivity contribution >= 4 is 29.4 Å². The van der Waals surface area contributed by atoms with E-state index in [1.165, 1.54) is 24.6 Å². The third-order valence-corrected chi connectivity index (χ3v) is 5.88. The average molecular weight is 325 g/mol. The highest BCUT2D eigenvalue weighted by molar-refractivity contribution is 8.00. The maximum atomic E-state index is 12.2. The molecule has 2 N–H and O–H groups in total. The maximum Gasteiger partial charge on any atom is 0.255 e. The summed E-state index contributed by atoms with van der Waals surface area (Å²) in [6, 6.07) is 0.323. The van der Waals surface area contributed by atoms with E-state index in [1.54, 1.807) is 11.8 Å². The minimum Gasteiger partial charge on any atom is -0.352 e. The first-order chi connectivity index (χ1) is 10.1. The number of H-pyrrole nitrogens is 1. The second-order valence-electron chi connectivity index (χ2n) is 5.54. The Kier molecular flexibility index (Phi) is 4.59. The Balaban J connectivity index is 1.64. The number of hydrogen-bond acceptors (Lipinski definition) is 5. The fourth-order valence-corrected chi connectivity index (χ4v) is 4.57. The largest absolute Gasteiger partial charge is 0.352 e. The molecule has 1 aromatic rings. The Bertz CT molecular complexity index is 596. The minimum atomic E-state index is -0.249. The van der Waals surface area contributed by atoms with E-state index in [0.717, 1.165) is 35.6 Å². The first-order valence-electron chi connectivity index (χ1n) is 7.30. The van der Waals surface area contributed by atoms with Crippen molar-refractivity contribution < 1.29 is 4.79 Å². The second kappa shape index (κ2) is 6.44. The number of hydrogen-bond donors (Lipinski definition) is 2. The SMILES string of the molecule is CC(Sc1nc2c(c(=O)[nH]1)CSC2)C(=O)NC1CCCC1. The first kappa shape index (κ1) is 15.0. The van der Waals surface area contributed by atoms with Gasteiger partial charge in [0, 0.05) is 23.1 Å². The van der Waals surface area contributed by atoms with E-state index in [2.05, 4.69) is 15.3 Å². The number of amides is 1. The van der Waals surface area contributed by atoms with Crippen LogP contribution in [0.4, 0.5) is 0 Å². The number of rotatable bonds is 4. The molecular formula is C14H19N3O2S2. The molecule has 0 saturated heterocycles. The number of aromatic amines is 1. The summed E-state index contributed by atoms with van der Waals surface area (Å²) in [5, 5.41) is 3.38. The summed E-state index contributed by atoms with van der Waals surface area (Å²) in [6.45, 7) is 1.86. The van der Waals surface area contributed by atoms with Gasteiger partial charge in [-0.25, -0.2) is 4.98 Å². The third kappa shape index (κ3) is 3.45. The molecule has 2 heterocycles. The van der Waals surface area contributed by atoms with Gasteiger partial charge in [0.25, 0.3) is 5.56 Å². The van der Waals surface area contributed by atoms with Crippen LogP contribution in [0.1, 0.15) is 43.9 Å². The zero-order chi connectivity index (χ0) is 14.8. The Morgan fingerprint density at radius 1 is 1.43 bits per heavy atom. The normalized spacial score (nSPS) is 19.5. The van der Waals surface area contributed by atoms with Gasteiger partial charge in [-0.15, -0.1) is 0 Å². The highest BCUT2D eigenvalue weighted by Gasteiger charge is 2.23. The van der Waals surface area contributed by atoms with Crippen molar-refractivity contribution in [3.05, 3.63) is 21.6 Å². The van der Waals surface area contributed by atoms with E-state index in [4.69, 9.17) is 0 Å². The van der Waals surface area contributed by atoms with E-state index >= 15 is 0 Å². The summed E-state index contributed by atoms with van der Waals surface area (Å²) < 4.78 is 0. The average Bonchev–Trinajstić information content (AvgIpc) is 3.09. The highest BCUT2D eigenvalue weighted by Crippen LogP contribution is 2.28. The van der Waals surface area contributed by atoms with Crippen molar-refractivity contribution in [3.8, 4) is 0 Å². The summed E-state index contributed by atoms with van der Waals surface area (Å²) in [7, 11) is 0. The fourth-order valence-electron chi connectivity index (χ4n) is 2.71. The number of nitrogens with one attached hydrogen (secondary N) is 2. The lowest BCUT2D eigenvalue weighted by atomic mass is 10.2. The van der Waals surface area contributed by atoms with Gasteiger partial charge in [-0.05, 0) is 19.8 Å². The molecule has 3 rings (SSSR count). The molecule has 21 heavy (non-hydrogen) atoms. The Morgan fingerprint density at radius 2 is 2.19 bits per heavy atom. The van der Waals surface area contributed by atoms with Gasteiger partial charge in [-0.2, -0.15) is 11.8 Å². The topological polar surface area (TPSA) is 74.8 Å². The maximum absolute atomic E-state index is 12.2. The molecule has 5 nitrogen and oxygen atoms in total. The van der Waals surface area contributed by atoms with Crippen molar-refractivity contribution in [1.82, 2.24) is 15.3 Å². The van der Waals surface area contributed by atoms with Gasteiger partial charge < -0.3 is 10.3 Å². The van der Waals surface area contributed by atoms with Crippen LogP contribution < -0.4 is 10.9 Å². The smallest absolute Gasteiger partial charge is 0.255 e. The molecule has 0 radical (unpaired) electrons. The van der Waals surface area contributed by atoms with Crippen LogP contribution in [0.5, 0.6) is 0 Å². The van der Waals surface area contributed by atoms with Gasteiger partial charge in [0.05, 0.1) is 10.9 Å². The second-order valence-corrected chi connectivity index (χ2v) is 7.85. The Labute approximate surface area is 132 Å². The van der Waals surface area contributed by atoms with Gasteiger partial charge in [-0.1, -0.05) is 24.6 Å². The molecule has 0 aromatic carbocycles. The van der Waals surface area contributed by atoms with Crippen LogP contribution in [-0.4, -0.2) is 27.2 Å². The summed E-state index contributed by atoms with van der Waals surface area (Å²) in [4.78, 5) is 31.4. The van der Waals surface area contributed by atoms with Crippen molar-refractivity contribution in [2.24, 2.45) is 0 Å². The molecule has 1 fully saturated rings. The lowest BCUT2D eigenvalue weighted by Crippen LogP contribution is -2.37. The minimum absolute atomic E-state index is 0.0319. The molecule has 1 unspecified atom stereocenters. The van der Waals surface area contributed by atoms with Crippen LogP contribution in [-0.2, 0) is 16.3 Å². The van der Waals surface area contributed by atoms with E-state index in [1.807, 2.05) is 6.92 Å². The number of fused-ring (bicyclic) bond motifs is 1. The molecule has 0 bridgehead atoms. The molecular weight excluding hydrogens is 306 g/mol. The van der Waals surface area contributed by atoms with Crippen molar-refractivity contribution in [3.63, 3.8) is 0 Å².